The highest BCUT2D eigenvalue weighted by molar-refractivity contribution is 5.22. The lowest BCUT2D eigenvalue weighted by atomic mass is 10.1. The van der Waals surface area contributed by atoms with Crippen molar-refractivity contribution >= 4 is 0 Å². The summed E-state index contributed by atoms with van der Waals surface area (Å²) in [6.45, 7) is 3.39. The molecular formula is C15H23NO. The third kappa shape index (κ3) is 3.83. The van der Waals surface area contributed by atoms with E-state index in [2.05, 4.69) is 36.5 Å². The number of hydrogen-bond donors (Lipinski definition) is 2. The van der Waals surface area contributed by atoms with E-state index in [1.165, 1.54) is 24.0 Å². The van der Waals surface area contributed by atoms with Crippen LogP contribution in [0.2, 0.25) is 0 Å². The molecular weight excluding hydrogens is 210 g/mol. The van der Waals surface area contributed by atoms with Crippen molar-refractivity contribution in [2.75, 3.05) is 6.61 Å². The van der Waals surface area contributed by atoms with E-state index in [1.807, 2.05) is 0 Å². The van der Waals surface area contributed by atoms with Gasteiger partial charge in [-0.15, -0.1) is 0 Å². The average molecular weight is 233 g/mol. The van der Waals surface area contributed by atoms with Crippen LogP contribution in [0, 0.1) is 5.92 Å². The Kier molecular flexibility index (Phi) is 4.57. The van der Waals surface area contributed by atoms with Gasteiger partial charge in [-0.2, -0.15) is 0 Å². The maximum Gasteiger partial charge on any atom is 0.0445 e. The summed E-state index contributed by atoms with van der Waals surface area (Å²) in [5.41, 5.74) is 2.73. The monoisotopic (exact) mass is 233 g/mol. The summed E-state index contributed by atoms with van der Waals surface area (Å²) in [4.78, 5) is 0. The Morgan fingerprint density at radius 2 is 1.88 bits per heavy atom. The van der Waals surface area contributed by atoms with Gasteiger partial charge in [0.05, 0.1) is 0 Å². The quantitative estimate of drug-likeness (QED) is 0.758. The number of nitrogens with one attached hydrogen (secondary N) is 1. The van der Waals surface area contributed by atoms with Crippen molar-refractivity contribution in [1.82, 2.24) is 5.32 Å². The Labute approximate surface area is 104 Å². The predicted octanol–water partition coefficient (Wildman–Crippen LogP) is 2.50. The number of aryl methyl sites for hydroxylation is 1. The van der Waals surface area contributed by atoms with Crippen LogP contribution in [0.4, 0.5) is 0 Å². The number of rotatable bonds is 7. The molecule has 17 heavy (non-hydrogen) atoms. The lowest BCUT2D eigenvalue weighted by molar-refractivity contribution is 0.256. The maximum absolute atomic E-state index is 9.04. The first kappa shape index (κ1) is 12.6. The van der Waals surface area contributed by atoms with Crippen LogP contribution in [-0.2, 0) is 13.0 Å². The molecule has 1 atom stereocenters. The second-order valence-corrected chi connectivity index (χ2v) is 5.01. The fourth-order valence-electron chi connectivity index (χ4n) is 2.28. The van der Waals surface area contributed by atoms with Crippen molar-refractivity contribution in [2.24, 2.45) is 5.92 Å². The van der Waals surface area contributed by atoms with Crippen LogP contribution >= 0.6 is 0 Å². The van der Waals surface area contributed by atoms with E-state index < -0.39 is 0 Å². The second-order valence-electron chi connectivity index (χ2n) is 5.01. The van der Waals surface area contributed by atoms with Gasteiger partial charge in [0.25, 0.3) is 0 Å². The molecule has 1 aromatic carbocycles. The first-order valence-corrected chi connectivity index (χ1v) is 6.75. The Balaban J connectivity index is 1.82. The number of benzene rings is 1. The molecule has 0 aliphatic heterocycles. The van der Waals surface area contributed by atoms with Crippen molar-refractivity contribution in [2.45, 2.75) is 45.2 Å². The SMILES string of the molecule is CCc1ccc(CNC(CCO)C2CC2)cc1. The normalized spacial score (nSPS) is 17.1. The molecule has 1 aliphatic rings. The van der Waals surface area contributed by atoms with Crippen LogP contribution in [0.15, 0.2) is 24.3 Å². The van der Waals surface area contributed by atoms with Crippen molar-refractivity contribution in [3.63, 3.8) is 0 Å². The third-order valence-electron chi connectivity index (χ3n) is 3.63. The molecule has 0 heterocycles. The zero-order chi connectivity index (χ0) is 12.1. The summed E-state index contributed by atoms with van der Waals surface area (Å²) in [5.74, 6) is 0.803. The molecule has 2 heteroatoms. The highest BCUT2D eigenvalue weighted by Crippen LogP contribution is 2.34. The van der Waals surface area contributed by atoms with Gasteiger partial charge >= 0.3 is 0 Å². The molecule has 1 saturated carbocycles. The Morgan fingerprint density at radius 3 is 2.41 bits per heavy atom. The maximum atomic E-state index is 9.04. The summed E-state index contributed by atoms with van der Waals surface area (Å²) in [6.07, 6.45) is 4.64. The van der Waals surface area contributed by atoms with Crippen molar-refractivity contribution in [3.8, 4) is 0 Å². The third-order valence-corrected chi connectivity index (χ3v) is 3.63. The molecule has 2 rings (SSSR count). The van der Waals surface area contributed by atoms with Crippen LogP contribution in [-0.4, -0.2) is 17.8 Å². The van der Waals surface area contributed by atoms with Gasteiger partial charge in [0.2, 0.25) is 0 Å². The topological polar surface area (TPSA) is 32.3 Å². The number of hydrogen-bond acceptors (Lipinski definition) is 2. The van der Waals surface area contributed by atoms with Crippen LogP contribution in [0.25, 0.3) is 0 Å². The largest absolute Gasteiger partial charge is 0.396 e. The molecule has 1 fully saturated rings. The van der Waals surface area contributed by atoms with Crippen LogP contribution < -0.4 is 5.32 Å². The van der Waals surface area contributed by atoms with E-state index in [0.29, 0.717) is 12.6 Å². The zero-order valence-corrected chi connectivity index (χ0v) is 10.7. The van der Waals surface area contributed by atoms with Crippen molar-refractivity contribution < 1.29 is 5.11 Å². The summed E-state index contributed by atoms with van der Waals surface area (Å²) in [5, 5.41) is 12.6. The minimum atomic E-state index is 0.295. The van der Waals surface area contributed by atoms with Gasteiger partial charge in [0.15, 0.2) is 0 Å². The summed E-state index contributed by atoms with van der Waals surface area (Å²) >= 11 is 0. The minimum Gasteiger partial charge on any atom is -0.396 e. The highest BCUT2D eigenvalue weighted by atomic mass is 16.3. The second kappa shape index (κ2) is 6.18. The zero-order valence-electron chi connectivity index (χ0n) is 10.7. The fourth-order valence-corrected chi connectivity index (χ4v) is 2.28. The van der Waals surface area contributed by atoms with Crippen LogP contribution in [0.3, 0.4) is 0 Å². The molecule has 0 bridgehead atoms. The van der Waals surface area contributed by atoms with E-state index in [-0.39, 0.29) is 0 Å². The molecule has 1 aromatic rings. The Morgan fingerprint density at radius 1 is 1.24 bits per heavy atom. The van der Waals surface area contributed by atoms with Gasteiger partial charge in [-0.3, -0.25) is 0 Å². The van der Waals surface area contributed by atoms with E-state index in [4.69, 9.17) is 5.11 Å². The molecule has 0 amide bonds. The Hall–Kier alpha value is -0.860. The molecule has 0 radical (unpaired) electrons. The summed E-state index contributed by atoms with van der Waals surface area (Å²) in [6, 6.07) is 9.32. The minimum absolute atomic E-state index is 0.295. The Bertz CT molecular complexity index is 329. The predicted molar refractivity (Wildman–Crippen MR) is 70.9 cm³/mol. The smallest absolute Gasteiger partial charge is 0.0445 e. The van der Waals surface area contributed by atoms with Crippen LogP contribution in [0.1, 0.15) is 37.3 Å². The van der Waals surface area contributed by atoms with Gasteiger partial charge in [0, 0.05) is 19.2 Å². The van der Waals surface area contributed by atoms with Gasteiger partial charge in [-0.05, 0) is 42.7 Å². The molecule has 1 unspecified atom stereocenters. The summed E-state index contributed by atoms with van der Waals surface area (Å²) < 4.78 is 0. The molecule has 94 valence electrons. The van der Waals surface area contributed by atoms with Gasteiger partial charge in [0.1, 0.15) is 0 Å². The molecule has 0 spiro atoms. The van der Waals surface area contributed by atoms with E-state index >= 15 is 0 Å². The first-order valence-electron chi connectivity index (χ1n) is 6.75. The lowest BCUT2D eigenvalue weighted by Crippen LogP contribution is -2.31. The average Bonchev–Trinajstić information content (AvgIpc) is 3.19. The van der Waals surface area contributed by atoms with E-state index in [9.17, 15) is 0 Å². The molecule has 2 nitrogen and oxygen atoms in total. The lowest BCUT2D eigenvalue weighted by Gasteiger charge is -2.17. The van der Waals surface area contributed by atoms with E-state index in [0.717, 1.165) is 25.3 Å². The number of aliphatic hydroxyl groups is 1. The van der Waals surface area contributed by atoms with Crippen LogP contribution in [0.5, 0.6) is 0 Å². The van der Waals surface area contributed by atoms with Gasteiger partial charge in [-0.25, -0.2) is 0 Å². The molecule has 0 aromatic heterocycles. The highest BCUT2D eigenvalue weighted by Gasteiger charge is 2.30. The van der Waals surface area contributed by atoms with Crippen molar-refractivity contribution in [1.29, 1.82) is 0 Å². The van der Waals surface area contributed by atoms with Crippen molar-refractivity contribution in [3.05, 3.63) is 35.4 Å². The molecule has 1 aliphatic carbocycles. The first-order chi connectivity index (χ1) is 8.33. The van der Waals surface area contributed by atoms with E-state index in [1.54, 1.807) is 0 Å². The number of aliphatic hydroxyl groups excluding tert-OH is 1. The van der Waals surface area contributed by atoms with Gasteiger partial charge < -0.3 is 10.4 Å². The van der Waals surface area contributed by atoms with Gasteiger partial charge in [-0.1, -0.05) is 31.2 Å². The molecule has 0 saturated heterocycles. The molecule has 2 N–H and O–H groups in total. The summed E-state index contributed by atoms with van der Waals surface area (Å²) in [7, 11) is 0. The standard InChI is InChI=1S/C15H23NO/c1-2-12-3-5-13(6-4-12)11-16-15(9-10-17)14-7-8-14/h3-6,14-17H,2,7-11H2,1H3. The fraction of sp³-hybridized carbons (Fsp3) is 0.600.